The third-order valence-corrected chi connectivity index (χ3v) is 3.06. The maximum absolute atomic E-state index is 13.2. The summed E-state index contributed by atoms with van der Waals surface area (Å²) in [4.78, 5) is 0. The lowest BCUT2D eigenvalue weighted by atomic mass is 10.3. The fourth-order valence-electron chi connectivity index (χ4n) is 1.47. The molecule has 0 aliphatic carbocycles. The first-order valence-electron chi connectivity index (χ1n) is 5.66. The normalized spacial score (nSPS) is 11.2. The highest BCUT2D eigenvalue weighted by molar-refractivity contribution is 9.10. The van der Waals surface area contributed by atoms with Crippen LogP contribution in [0.25, 0.3) is 5.69 Å². The number of aromatic nitrogens is 3. The van der Waals surface area contributed by atoms with E-state index in [1.54, 1.807) is 16.9 Å². The maximum Gasteiger partial charge on any atom is 0.125 e. The van der Waals surface area contributed by atoms with Gasteiger partial charge >= 0.3 is 0 Å². The van der Waals surface area contributed by atoms with Gasteiger partial charge in [-0.3, -0.25) is 0 Å². The molecule has 1 aromatic carbocycles. The molecule has 0 aliphatic heterocycles. The minimum Gasteiger partial charge on any atom is -0.309 e. The number of benzene rings is 1. The summed E-state index contributed by atoms with van der Waals surface area (Å²) in [5, 5.41) is 11.3. The first-order chi connectivity index (χ1) is 8.56. The molecule has 0 atom stereocenters. The first-order valence-corrected chi connectivity index (χ1v) is 6.45. The van der Waals surface area contributed by atoms with Crippen LogP contribution in [-0.2, 0) is 6.54 Å². The third-order valence-electron chi connectivity index (χ3n) is 2.39. The van der Waals surface area contributed by atoms with Gasteiger partial charge in [0.25, 0.3) is 0 Å². The second-order valence-electron chi connectivity index (χ2n) is 4.29. The van der Waals surface area contributed by atoms with Crippen molar-refractivity contribution in [2.75, 3.05) is 0 Å². The standard InChI is InChI=1S/C12H14BrFN4/c1-8(2)15-6-10-7-18(17-16-10)12-5-9(14)3-4-11(12)13/h3-5,7-8,15H,6H2,1-2H3. The summed E-state index contributed by atoms with van der Waals surface area (Å²) in [6, 6.07) is 4.85. The Kier molecular flexibility index (Phi) is 4.08. The Morgan fingerprint density at radius 1 is 1.44 bits per heavy atom. The zero-order valence-electron chi connectivity index (χ0n) is 10.2. The van der Waals surface area contributed by atoms with Crippen LogP contribution in [0.15, 0.2) is 28.9 Å². The van der Waals surface area contributed by atoms with Crippen molar-refractivity contribution in [3.8, 4) is 5.69 Å². The second kappa shape index (κ2) is 5.58. The topological polar surface area (TPSA) is 42.7 Å². The zero-order valence-corrected chi connectivity index (χ0v) is 11.8. The van der Waals surface area contributed by atoms with Crippen molar-refractivity contribution in [1.29, 1.82) is 0 Å². The number of rotatable bonds is 4. The van der Waals surface area contributed by atoms with Gasteiger partial charge in [-0.05, 0) is 28.1 Å². The van der Waals surface area contributed by atoms with E-state index in [4.69, 9.17) is 0 Å². The summed E-state index contributed by atoms with van der Waals surface area (Å²) in [6.07, 6.45) is 1.79. The first kappa shape index (κ1) is 13.2. The molecule has 18 heavy (non-hydrogen) atoms. The van der Waals surface area contributed by atoms with Crippen LogP contribution in [0.3, 0.4) is 0 Å². The Morgan fingerprint density at radius 3 is 2.94 bits per heavy atom. The molecular weight excluding hydrogens is 299 g/mol. The van der Waals surface area contributed by atoms with Crippen molar-refractivity contribution in [2.24, 2.45) is 0 Å². The van der Waals surface area contributed by atoms with Gasteiger partial charge in [-0.25, -0.2) is 9.07 Å². The monoisotopic (exact) mass is 312 g/mol. The van der Waals surface area contributed by atoms with Crippen LogP contribution in [0, 0.1) is 5.82 Å². The van der Waals surface area contributed by atoms with E-state index < -0.39 is 0 Å². The molecule has 0 bridgehead atoms. The van der Waals surface area contributed by atoms with Crippen molar-refractivity contribution >= 4 is 15.9 Å². The minimum atomic E-state index is -0.300. The average molecular weight is 313 g/mol. The molecule has 0 spiro atoms. The highest BCUT2D eigenvalue weighted by Crippen LogP contribution is 2.21. The Balaban J connectivity index is 2.21. The molecule has 4 nitrogen and oxygen atoms in total. The highest BCUT2D eigenvalue weighted by Gasteiger charge is 2.07. The van der Waals surface area contributed by atoms with Crippen molar-refractivity contribution in [3.63, 3.8) is 0 Å². The van der Waals surface area contributed by atoms with Crippen LogP contribution in [0.2, 0.25) is 0 Å². The van der Waals surface area contributed by atoms with E-state index in [1.165, 1.54) is 12.1 Å². The molecule has 0 fully saturated rings. The van der Waals surface area contributed by atoms with E-state index in [0.717, 1.165) is 10.2 Å². The Labute approximate surface area is 113 Å². The fraction of sp³-hybridized carbons (Fsp3) is 0.333. The van der Waals surface area contributed by atoms with Crippen LogP contribution in [0.5, 0.6) is 0 Å². The largest absolute Gasteiger partial charge is 0.309 e. The van der Waals surface area contributed by atoms with Crippen molar-refractivity contribution in [1.82, 2.24) is 20.3 Å². The molecular formula is C12H14BrFN4. The van der Waals surface area contributed by atoms with Crippen LogP contribution in [-0.4, -0.2) is 21.0 Å². The van der Waals surface area contributed by atoms with E-state index in [9.17, 15) is 4.39 Å². The van der Waals surface area contributed by atoms with Gasteiger partial charge < -0.3 is 5.32 Å². The van der Waals surface area contributed by atoms with Crippen LogP contribution in [0.1, 0.15) is 19.5 Å². The van der Waals surface area contributed by atoms with E-state index >= 15 is 0 Å². The van der Waals surface area contributed by atoms with Crippen LogP contribution in [0.4, 0.5) is 4.39 Å². The number of halogens is 2. The minimum absolute atomic E-state index is 0.300. The molecule has 1 N–H and O–H groups in total. The van der Waals surface area contributed by atoms with Gasteiger partial charge in [0.1, 0.15) is 5.82 Å². The summed E-state index contributed by atoms with van der Waals surface area (Å²) in [7, 11) is 0. The predicted octanol–water partition coefficient (Wildman–Crippen LogP) is 2.67. The quantitative estimate of drug-likeness (QED) is 0.944. The molecule has 0 radical (unpaired) electrons. The van der Waals surface area contributed by atoms with Gasteiger partial charge in [0, 0.05) is 23.1 Å². The van der Waals surface area contributed by atoms with Gasteiger partial charge in [0.05, 0.1) is 17.6 Å². The molecule has 0 unspecified atom stereocenters. The fourth-order valence-corrected chi connectivity index (χ4v) is 1.90. The molecule has 1 heterocycles. The molecule has 0 amide bonds. The summed E-state index contributed by atoms with van der Waals surface area (Å²) in [6.45, 7) is 4.77. The molecule has 1 aromatic heterocycles. The molecule has 6 heteroatoms. The van der Waals surface area contributed by atoms with E-state index in [2.05, 4.69) is 45.4 Å². The van der Waals surface area contributed by atoms with E-state index in [0.29, 0.717) is 18.3 Å². The third kappa shape index (κ3) is 3.14. The smallest absolute Gasteiger partial charge is 0.125 e. The lowest BCUT2D eigenvalue weighted by molar-refractivity contribution is 0.580. The SMILES string of the molecule is CC(C)NCc1cn(-c2cc(F)ccc2Br)nn1. The van der Waals surface area contributed by atoms with Crippen molar-refractivity contribution < 1.29 is 4.39 Å². The van der Waals surface area contributed by atoms with Gasteiger partial charge in [0.2, 0.25) is 0 Å². The highest BCUT2D eigenvalue weighted by atomic mass is 79.9. The van der Waals surface area contributed by atoms with Gasteiger partial charge in [-0.1, -0.05) is 19.1 Å². The van der Waals surface area contributed by atoms with Crippen molar-refractivity contribution in [3.05, 3.63) is 40.4 Å². The lowest BCUT2D eigenvalue weighted by Gasteiger charge is -2.04. The summed E-state index contributed by atoms with van der Waals surface area (Å²) in [5.41, 5.74) is 1.46. The Bertz CT molecular complexity index is 539. The van der Waals surface area contributed by atoms with Crippen molar-refractivity contribution in [2.45, 2.75) is 26.4 Å². The molecule has 0 aliphatic rings. The molecule has 0 saturated carbocycles. The average Bonchev–Trinajstić information content (AvgIpc) is 2.78. The van der Waals surface area contributed by atoms with E-state index in [-0.39, 0.29) is 5.82 Å². The van der Waals surface area contributed by atoms with Crippen LogP contribution < -0.4 is 5.32 Å². The molecule has 96 valence electrons. The van der Waals surface area contributed by atoms with Gasteiger partial charge in [-0.2, -0.15) is 0 Å². The van der Waals surface area contributed by atoms with Crippen LogP contribution >= 0.6 is 15.9 Å². The molecule has 2 aromatic rings. The molecule has 0 saturated heterocycles. The second-order valence-corrected chi connectivity index (χ2v) is 5.14. The Hall–Kier alpha value is -1.27. The summed E-state index contributed by atoms with van der Waals surface area (Å²) < 4.78 is 15.5. The maximum atomic E-state index is 13.2. The zero-order chi connectivity index (χ0) is 13.1. The number of nitrogens with one attached hydrogen (secondary N) is 1. The number of nitrogens with zero attached hydrogens (tertiary/aromatic N) is 3. The number of hydrogen-bond donors (Lipinski definition) is 1. The van der Waals surface area contributed by atoms with E-state index in [1.807, 2.05) is 0 Å². The lowest BCUT2D eigenvalue weighted by Crippen LogP contribution is -2.21. The summed E-state index contributed by atoms with van der Waals surface area (Å²) >= 11 is 3.37. The van der Waals surface area contributed by atoms with Gasteiger partial charge in [0.15, 0.2) is 0 Å². The summed E-state index contributed by atoms with van der Waals surface area (Å²) in [5.74, 6) is -0.300. The molecule has 2 rings (SSSR count). The van der Waals surface area contributed by atoms with Gasteiger partial charge in [-0.15, -0.1) is 5.10 Å². The Morgan fingerprint density at radius 2 is 2.22 bits per heavy atom. The number of hydrogen-bond acceptors (Lipinski definition) is 3. The predicted molar refractivity (Wildman–Crippen MR) is 71.0 cm³/mol.